The Labute approximate surface area is 212 Å². The van der Waals surface area contributed by atoms with Crippen LogP contribution in [0.4, 0.5) is 11.4 Å². The van der Waals surface area contributed by atoms with Gasteiger partial charge in [-0.25, -0.2) is 4.79 Å². The molecule has 0 saturated heterocycles. The number of rotatable bonds is 11. The normalized spacial score (nSPS) is 11.0. The summed E-state index contributed by atoms with van der Waals surface area (Å²) in [4.78, 5) is 24.1. The number of nitrogens with two attached hydrogens (primary N) is 1. The van der Waals surface area contributed by atoms with Gasteiger partial charge < -0.3 is 36.2 Å². The molecule has 0 radical (unpaired) electrons. The number of halogens is 1. The fourth-order valence-electron chi connectivity index (χ4n) is 3.30. The van der Waals surface area contributed by atoms with Crippen molar-refractivity contribution in [3.8, 4) is 11.5 Å². The lowest BCUT2D eigenvalue weighted by Gasteiger charge is -2.17. The molecular weight excluding hydrogens is 488 g/mol. The van der Waals surface area contributed by atoms with Crippen LogP contribution in [-0.4, -0.2) is 41.2 Å². The highest BCUT2D eigenvalue weighted by Crippen LogP contribution is 2.32. The van der Waals surface area contributed by atoms with Gasteiger partial charge in [0, 0.05) is 34.1 Å². The molecule has 0 spiro atoms. The van der Waals surface area contributed by atoms with E-state index in [0.717, 1.165) is 0 Å². The molecule has 0 unspecified atom stereocenters. The van der Waals surface area contributed by atoms with Crippen LogP contribution in [0.1, 0.15) is 28.4 Å². The molecule has 3 aromatic carbocycles. The number of ether oxygens (including phenoxy) is 2. The number of carbonyl (C=O) groups excluding carboxylic acids is 1. The van der Waals surface area contributed by atoms with Gasteiger partial charge in [-0.1, -0.05) is 28.9 Å². The van der Waals surface area contributed by atoms with E-state index in [-0.39, 0.29) is 17.9 Å². The molecule has 10 nitrogen and oxygen atoms in total. The van der Waals surface area contributed by atoms with E-state index in [4.69, 9.17) is 37.1 Å². The number of amides is 1. The van der Waals surface area contributed by atoms with Crippen LogP contribution in [0.25, 0.3) is 0 Å². The van der Waals surface area contributed by atoms with Gasteiger partial charge in [-0.3, -0.25) is 4.79 Å². The average molecular weight is 513 g/mol. The van der Waals surface area contributed by atoms with Crippen LogP contribution >= 0.6 is 11.6 Å². The number of nitrogens with one attached hydrogen (secondary N) is 2. The number of hydrogen-bond acceptors (Lipinski definition) is 7. The Morgan fingerprint density at radius 1 is 1.08 bits per heavy atom. The van der Waals surface area contributed by atoms with E-state index in [1.54, 1.807) is 54.6 Å². The van der Waals surface area contributed by atoms with E-state index in [1.807, 2.05) is 6.92 Å². The topological polar surface area (TPSA) is 156 Å². The van der Waals surface area contributed by atoms with Crippen molar-refractivity contribution in [2.75, 3.05) is 23.8 Å². The Morgan fingerprint density at radius 2 is 1.83 bits per heavy atom. The molecule has 11 heteroatoms. The first kappa shape index (κ1) is 26.2. The molecule has 1 amide bonds. The van der Waals surface area contributed by atoms with Crippen molar-refractivity contribution in [1.82, 2.24) is 0 Å². The van der Waals surface area contributed by atoms with Crippen LogP contribution in [0.2, 0.25) is 5.02 Å². The first-order valence-corrected chi connectivity index (χ1v) is 11.2. The van der Waals surface area contributed by atoms with Gasteiger partial charge in [0.05, 0.1) is 12.2 Å². The number of carbonyl (C=O) groups is 2. The molecule has 0 bridgehead atoms. The van der Waals surface area contributed by atoms with E-state index in [2.05, 4.69) is 15.8 Å². The number of anilines is 2. The lowest BCUT2D eigenvalue weighted by atomic mass is 10.1. The minimum atomic E-state index is -1.11. The standard InChI is InChI=1S/C25H25ClN4O6/c1-2-35-21-5-3-4-16(23(21)36-14-22(31)32)13-28-20-11-8-17(26)12-19(20)25(33)29-18-9-6-15(7-10-18)24(27)30-34/h3-12,28,34H,2,13-14H2,1H3,(H2,27,30)(H,29,33)(H,31,32). The van der Waals surface area contributed by atoms with E-state index in [9.17, 15) is 9.59 Å². The number of amidine groups is 1. The van der Waals surface area contributed by atoms with Crippen LogP contribution in [0.3, 0.4) is 0 Å². The van der Waals surface area contributed by atoms with E-state index >= 15 is 0 Å². The maximum atomic E-state index is 13.0. The summed E-state index contributed by atoms with van der Waals surface area (Å²) in [5.74, 6) is -0.852. The third-order valence-corrected chi connectivity index (χ3v) is 5.18. The summed E-state index contributed by atoms with van der Waals surface area (Å²) in [6.45, 7) is 1.88. The average Bonchev–Trinajstić information content (AvgIpc) is 2.87. The van der Waals surface area contributed by atoms with Crippen molar-refractivity contribution in [3.63, 3.8) is 0 Å². The Morgan fingerprint density at radius 3 is 2.50 bits per heavy atom. The Balaban J connectivity index is 1.81. The number of aliphatic carboxylic acids is 1. The molecule has 6 N–H and O–H groups in total. The fourth-order valence-corrected chi connectivity index (χ4v) is 3.47. The number of carboxylic acids is 1. The van der Waals surface area contributed by atoms with Crippen molar-refractivity contribution in [3.05, 3.63) is 82.4 Å². The zero-order valence-electron chi connectivity index (χ0n) is 19.3. The van der Waals surface area contributed by atoms with E-state index in [1.165, 1.54) is 6.07 Å². The zero-order valence-corrected chi connectivity index (χ0v) is 20.1. The zero-order chi connectivity index (χ0) is 26.1. The van der Waals surface area contributed by atoms with Crippen molar-refractivity contribution in [2.24, 2.45) is 10.9 Å². The molecule has 0 atom stereocenters. The minimum absolute atomic E-state index is 0.0469. The minimum Gasteiger partial charge on any atom is -0.490 e. The van der Waals surface area contributed by atoms with Gasteiger partial charge >= 0.3 is 5.97 Å². The van der Waals surface area contributed by atoms with Gasteiger partial charge in [0.2, 0.25) is 0 Å². The highest BCUT2D eigenvalue weighted by molar-refractivity contribution is 6.31. The largest absolute Gasteiger partial charge is 0.490 e. The van der Waals surface area contributed by atoms with Crippen LogP contribution in [-0.2, 0) is 11.3 Å². The quantitative estimate of drug-likeness (QED) is 0.111. The molecule has 3 aromatic rings. The maximum Gasteiger partial charge on any atom is 0.341 e. The maximum absolute atomic E-state index is 13.0. The van der Waals surface area contributed by atoms with Crippen LogP contribution in [0.5, 0.6) is 11.5 Å². The fraction of sp³-hybridized carbons (Fsp3) is 0.160. The van der Waals surface area contributed by atoms with Gasteiger partial charge in [-0.2, -0.15) is 0 Å². The third kappa shape index (κ3) is 6.80. The number of oxime groups is 1. The van der Waals surface area contributed by atoms with Crippen molar-refractivity contribution in [2.45, 2.75) is 13.5 Å². The lowest BCUT2D eigenvalue weighted by Crippen LogP contribution is -2.16. The molecule has 0 heterocycles. The third-order valence-electron chi connectivity index (χ3n) is 4.94. The van der Waals surface area contributed by atoms with Gasteiger partial charge in [-0.15, -0.1) is 0 Å². The van der Waals surface area contributed by atoms with Gasteiger partial charge in [0.25, 0.3) is 5.91 Å². The van der Waals surface area contributed by atoms with Crippen molar-refractivity contribution in [1.29, 1.82) is 0 Å². The number of benzene rings is 3. The first-order chi connectivity index (χ1) is 17.3. The second-order valence-electron chi connectivity index (χ2n) is 7.42. The summed E-state index contributed by atoms with van der Waals surface area (Å²) in [6, 6.07) is 16.5. The molecule has 188 valence electrons. The van der Waals surface area contributed by atoms with Gasteiger partial charge in [0.15, 0.2) is 23.9 Å². The highest BCUT2D eigenvalue weighted by atomic mass is 35.5. The molecular formula is C25H25ClN4O6. The number of nitrogens with zero attached hydrogens (tertiary/aromatic N) is 1. The van der Waals surface area contributed by atoms with Crippen LogP contribution in [0, 0.1) is 0 Å². The van der Waals surface area contributed by atoms with Crippen molar-refractivity contribution >= 4 is 40.7 Å². The molecule has 0 aliphatic carbocycles. The molecule has 0 fully saturated rings. The van der Waals surface area contributed by atoms with Crippen LogP contribution in [0.15, 0.2) is 65.8 Å². The van der Waals surface area contributed by atoms with E-state index < -0.39 is 18.5 Å². The van der Waals surface area contributed by atoms with Crippen LogP contribution < -0.4 is 25.8 Å². The monoisotopic (exact) mass is 512 g/mol. The molecule has 0 aromatic heterocycles. The molecule has 3 rings (SSSR count). The Hall–Kier alpha value is -4.44. The molecule has 0 aliphatic heterocycles. The second-order valence-corrected chi connectivity index (χ2v) is 7.86. The molecule has 36 heavy (non-hydrogen) atoms. The summed E-state index contributed by atoms with van der Waals surface area (Å²) >= 11 is 6.15. The molecule has 0 aliphatic rings. The highest BCUT2D eigenvalue weighted by Gasteiger charge is 2.16. The predicted molar refractivity (Wildman–Crippen MR) is 136 cm³/mol. The number of carboxylic acid groups (broad SMARTS) is 1. The number of para-hydroxylation sites is 1. The lowest BCUT2D eigenvalue weighted by molar-refractivity contribution is -0.139. The van der Waals surface area contributed by atoms with E-state index in [0.29, 0.717) is 45.6 Å². The summed E-state index contributed by atoms with van der Waals surface area (Å²) in [5, 5.41) is 27.1. The second kappa shape index (κ2) is 12.3. The van der Waals surface area contributed by atoms with Gasteiger partial charge in [0.1, 0.15) is 0 Å². The van der Waals surface area contributed by atoms with Crippen molar-refractivity contribution < 1.29 is 29.4 Å². The Bertz CT molecular complexity index is 1260. The SMILES string of the molecule is CCOc1cccc(CNc2ccc(Cl)cc2C(=O)Nc2ccc(/C(N)=N/O)cc2)c1OCC(=O)O. The summed E-state index contributed by atoms with van der Waals surface area (Å²) in [7, 11) is 0. The molecule has 0 saturated carbocycles. The van der Waals surface area contributed by atoms with Gasteiger partial charge in [-0.05, 0) is 55.5 Å². The summed E-state index contributed by atoms with van der Waals surface area (Å²) in [6.07, 6.45) is 0. The Kier molecular flexibility index (Phi) is 8.95. The summed E-state index contributed by atoms with van der Waals surface area (Å²) in [5.41, 5.74) is 7.99. The summed E-state index contributed by atoms with van der Waals surface area (Å²) < 4.78 is 11.1. The smallest absolute Gasteiger partial charge is 0.341 e. The predicted octanol–water partition coefficient (Wildman–Crippen LogP) is 4.16. The number of hydrogen-bond donors (Lipinski definition) is 5. The first-order valence-electron chi connectivity index (χ1n) is 10.8.